The Labute approximate surface area is 280 Å². The molecule has 252 valence electrons. The summed E-state index contributed by atoms with van der Waals surface area (Å²) in [5.74, 6) is 0.146. The van der Waals surface area contributed by atoms with Crippen LogP contribution in [0.4, 0.5) is 28.0 Å². The van der Waals surface area contributed by atoms with Gasteiger partial charge in [-0.05, 0) is 69.8 Å². The first-order valence-electron chi connectivity index (χ1n) is 15.4. The maximum atomic E-state index is 15.1. The molecule has 3 aromatic rings. The maximum Gasteiger partial charge on any atom is 0.417 e. The second kappa shape index (κ2) is 13.5. The number of rotatable bonds is 4. The number of hydrogen-bond acceptors (Lipinski definition) is 5. The zero-order valence-electron chi connectivity index (χ0n) is 27.2. The number of nitrogens with one attached hydrogen (secondary N) is 1. The molecule has 2 aliphatic heterocycles. The lowest BCUT2D eigenvalue weighted by Crippen LogP contribution is -2.58. The van der Waals surface area contributed by atoms with Crippen molar-refractivity contribution in [1.29, 1.82) is 0 Å². The fourth-order valence-corrected chi connectivity index (χ4v) is 8.70. The number of nitrogens with zero attached hydrogens (tertiary/aromatic N) is 3. The zero-order valence-corrected chi connectivity index (χ0v) is 28.8. The zero-order chi connectivity index (χ0) is 34.3. The van der Waals surface area contributed by atoms with Gasteiger partial charge in [-0.1, -0.05) is 18.2 Å². The molecule has 1 N–H and O–H groups in total. The molecule has 0 bridgehead atoms. The third-order valence-electron chi connectivity index (χ3n) is 8.23. The van der Waals surface area contributed by atoms with Gasteiger partial charge in [0, 0.05) is 33.6 Å². The van der Waals surface area contributed by atoms with Gasteiger partial charge in [-0.2, -0.15) is 13.2 Å². The van der Waals surface area contributed by atoms with Crippen molar-refractivity contribution in [2.45, 2.75) is 69.3 Å². The first-order chi connectivity index (χ1) is 22.1. The van der Waals surface area contributed by atoms with Crippen molar-refractivity contribution in [2.75, 3.05) is 37.3 Å². The van der Waals surface area contributed by atoms with E-state index in [2.05, 4.69) is 5.32 Å². The average Bonchev–Trinajstić information content (AvgIpc) is 3.44. The standard InChI is InChI=1S/C34H38F4N4O3S2/c1-20-15-40(16-21(2)42(20)32(44)45-33(3,4)5)31(39-6)25-14-26(34(36,37)38)28(22-9-11-24(35)12-10-22)30-29(25)41(19-43)17-23(18-47-30)27-8-7-13-46-27/h7-14,19-21,23H,15-18H2,1-6H3/p+1. The second-order valence-electron chi connectivity index (χ2n) is 12.9. The molecule has 1 saturated heterocycles. The molecule has 2 aromatic carbocycles. The molecular weight excluding hydrogens is 653 g/mol. The minimum absolute atomic E-state index is 0.0909. The minimum Gasteiger partial charge on any atom is -0.444 e. The van der Waals surface area contributed by atoms with Crippen LogP contribution in [-0.4, -0.2) is 77.9 Å². The third kappa shape index (κ3) is 7.30. The second-order valence-corrected chi connectivity index (χ2v) is 14.9. The van der Waals surface area contributed by atoms with Gasteiger partial charge >= 0.3 is 12.3 Å². The molecule has 0 saturated carbocycles. The van der Waals surface area contributed by atoms with Crippen molar-refractivity contribution in [3.8, 4) is 11.1 Å². The van der Waals surface area contributed by atoms with E-state index in [0.717, 1.165) is 23.1 Å². The van der Waals surface area contributed by atoms with Crippen molar-refractivity contribution in [1.82, 2.24) is 10.2 Å². The molecule has 3 heterocycles. The number of thioether (sulfide) groups is 1. The number of alkyl halides is 3. The first kappa shape index (κ1) is 34.7. The molecule has 0 radical (unpaired) electrons. The highest BCUT2D eigenvalue weighted by molar-refractivity contribution is 7.99. The van der Waals surface area contributed by atoms with Crippen molar-refractivity contribution in [3.63, 3.8) is 0 Å². The first-order valence-corrected chi connectivity index (χ1v) is 17.2. The lowest BCUT2D eigenvalue weighted by molar-refractivity contribution is -0.552. The van der Waals surface area contributed by atoms with Crippen LogP contribution in [0.1, 0.15) is 56.5 Å². The quantitative estimate of drug-likeness (QED) is 0.134. The summed E-state index contributed by atoms with van der Waals surface area (Å²) >= 11 is 2.81. The Balaban J connectivity index is 1.74. The van der Waals surface area contributed by atoms with Crippen LogP contribution < -0.4 is 10.2 Å². The summed E-state index contributed by atoms with van der Waals surface area (Å²) in [4.78, 5) is 30.5. The highest BCUT2D eigenvalue weighted by Gasteiger charge is 2.43. The van der Waals surface area contributed by atoms with E-state index < -0.39 is 29.3 Å². The summed E-state index contributed by atoms with van der Waals surface area (Å²) in [5, 5.41) is 5.09. The number of carbonyl (C=O) groups excluding carboxylic acids is 2. The van der Waals surface area contributed by atoms with E-state index in [1.165, 1.54) is 40.1 Å². The Kier molecular flexibility index (Phi) is 9.98. The maximum absolute atomic E-state index is 15.1. The van der Waals surface area contributed by atoms with E-state index in [1.807, 2.05) is 35.9 Å². The van der Waals surface area contributed by atoms with Gasteiger partial charge in [-0.25, -0.2) is 9.18 Å². The van der Waals surface area contributed by atoms with Crippen LogP contribution in [0, 0.1) is 5.82 Å². The van der Waals surface area contributed by atoms with E-state index >= 15 is 13.2 Å². The van der Waals surface area contributed by atoms with Crippen LogP contribution >= 0.6 is 23.1 Å². The smallest absolute Gasteiger partial charge is 0.417 e. The summed E-state index contributed by atoms with van der Waals surface area (Å²) in [6.45, 7) is 10.0. The monoisotopic (exact) mass is 691 g/mol. The lowest BCUT2D eigenvalue weighted by atomic mass is 9.93. The van der Waals surface area contributed by atoms with Gasteiger partial charge in [-0.3, -0.25) is 19.6 Å². The number of halogens is 4. The molecule has 47 heavy (non-hydrogen) atoms. The van der Waals surface area contributed by atoms with Crippen LogP contribution in [-0.2, 0) is 15.7 Å². The summed E-state index contributed by atoms with van der Waals surface area (Å²) < 4.78 is 66.8. The predicted octanol–water partition coefficient (Wildman–Crippen LogP) is 7.43. The molecule has 0 spiro atoms. The number of amides is 2. The number of anilines is 1. The van der Waals surface area contributed by atoms with Crippen LogP contribution in [0.2, 0.25) is 0 Å². The van der Waals surface area contributed by atoms with E-state index in [0.29, 0.717) is 41.7 Å². The van der Waals surface area contributed by atoms with Gasteiger partial charge in [-0.15, -0.1) is 23.1 Å². The average molecular weight is 692 g/mol. The van der Waals surface area contributed by atoms with E-state index in [-0.39, 0.29) is 41.2 Å². The molecule has 0 aliphatic carbocycles. The number of fused-ring (bicyclic) bond motifs is 1. The Morgan fingerprint density at radius 2 is 1.74 bits per heavy atom. The Morgan fingerprint density at radius 3 is 2.28 bits per heavy atom. The normalized spacial score (nSPS) is 20.4. The third-order valence-corrected chi connectivity index (χ3v) is 10.5. The molecule has 2 amide bonds. The van der Waals surface area contributed by atoms with Gasteiger partial charge in [0.15, 0.2) is 0 Å². The summed E-state index contributed by atoms with van der Waals surface area (Å²) in [6, 6.07) is 9.27. The Bertz CT molecular complexity index is 1640. The molecule has 2 aliphatic rings. The van der Waals surface area contributed by atoms with Crippen LogP contribution in [0.3, 0.4) is 0 Å². The topological polar surface area (TPSA) is 64.9 Å². The molecule has 1 fully saturated rings. The fourth-order valence-electron chi connectivity index (χ4n) is 6.38. The van der Waals surface area contributed by atoms with Crippen molar-refractivity contribution in [2.24, 2.45) is 0 Å². The lowest BCUT2D eigenvalue weighted by Gasteiger charge is -2.40. The van der Waals surface area contributed by atoms with Crippen molar-refractivity contribution >= 4 is 47.1 Å². The Hall–Kier alpha value is -3.58. The van der Waals surface area contributed by atoms with Crippen molar-refractivity contribution < 1.29 is 36.5 Å². The number of benzene rings is 2. The molecule has 7 nitrogen and oxygen atoms in total. The minimum atomic E-state index is -4.77. The van der Waals surface area contributed by atoms with Gasteiger partial charge in [0.1, 0.15) is 24.5 Å². The van der Waals surface area contributed by atoms with E-state index in [9.17, 15) is 14.0 Å². The number of ether oxygens (including phenoxy) is 1. The predicted molar refractivity (Wildman–Crippen MR) is 178 cm³/mol. The molecule has 3 atom stereocenters. The summed E-state index contributed by atoms with van der Waals surface area (Å²) in [7, 11) is 1.64. The van der Waals surface area contributed by atoms with Gasteiger partial charge in [0.25, 0.3) is 5.84 Å². The number of hydrogen-bond donors (Lipinski definition) is 1. The van der Waals surface area contributed by atoms with Crippen LogP contribution in [0.5, 0.6) is 0 Å². The number of amidine groups is 1. The van der Waals surface area contributed by atoms with Crippen LogP contribution in [0.15, 0.2) is 52.7 Å². The molecule has 5 rings (SSSR count). The fraction of sp³-hybridized carbons (Fsp3) is 0.441. The van der Waals surface area contributed by atoms with E-state index in [4.69, 9.17) is 4.74 Å². The van der Waals surface area contributed by atoms with Gasteiger partial charge in [0.05, 0.1) is 35.9 Å². The Morgan fingerprint density at radius 1 is 1.09 bits per heavy atom. The molecular formula is C34H39F4N4O3S2+. The molecule has 13 heteroatoms. The number of carbonyl (C=O) groups is 2. The van der Waals surface area contributed by atoms with E-state index in [1.54, 1.807) is 32.7 Å². The molecule has 1 aromatic heterocycles. The number of piperazine rings is 1. The van der Waals surface area contributed by atoms with Crippen molar-refractivity contribution in [3.05, 3.63) is 69.7 Å². The number of thiophene rings is 1. The largest absolute Gasteiger partial charge is 0.444 e. The van der Waals surface area contributed by atoms with Crippen LogP contribution in [0.25, 0.3) is 11.1 Å². The van der Waals surface area contributed by atoms with Gasteiger partial charge < -0.3 is 9.64 Å². The van der Waals surface area contributed by atoms with Gasteiger partial charge in [0.2, 0.25) is 6.41 Å². The summed E-state index contributed by atoms with van der Waals surface area (Å²) in [6.07, 6.45) is -4.55. The SMILES string of the molecule is CNC(c1cc(C(F)(F)F)c(-c2ccc(F)cc2)c2c1N(C=O)CC(c1cccs1)CS2)=[N+]1CC(C)N(C(=O)OC(C)(C)C)C(C)C1. The summed E-state index contributed by atoms with van der Waals surface area (Å²) in [5.41, 5.74) is -0.884. The highest BCUT2D eigenvalue weighted by Crippen LogP contribution is 2.51. The highest BCUT2D eigenvalue weighted by atomic mass is 32.2. The molecule has 3 unspecified atom stereocenters.